The van der Waals surface area contributed by atoms with Gasteiger partial charge in [0.2, 0.25) is 0 Å². The van der Waals surface area contributed by atoms with Crippen LogP contribution >= 0.6 is 0 Å². The Hall–Kier alpha value is -4.50. The Morgan fingerprint density at radius 2 is 1.69 bits per heavy atom. The van der Waals surface area contributed by atoms with E-state index in [0.717, 1.165) is 25.0 Å². The van der Waals surface area contributed by atoms with Crippen molar-refractivity contribution in [2.75, 3.05) is 50.4 Å². The highest BCUT2D eigenvalue weighted by atomic mass is 16.5. The Morgan fingerprint density at radius 3 is 2.49 bits per heavy atom. The number of para-hydroxylation sites is 2. The Balaban J connectivity index is 1.08. The third-order valence-corrected chi connectivity index (χ3v) is 6.59. The second kappa shape index (κ2) is 12.4. The predicted octanol–water partition coefficient (Wildman–Crippen LogP) is 4.55. The van der Waals surface area contributed by atoms with Gasteiger partial charge < -0.3 is 30.3 Å². The predicted molar refractivity (Wildman–Crippen MR) is 150 cm³/mol. The summed E-state index contributed by atoms with van der Waals surface area (Å²) in [5.74, 6) is 0.916. The van der Waals surface area contributed by atoms with Gasteiger partial charge in [-0.25, -0.2) is 0 Å². The highest BCUT2D eigenvalue weighted by molar-refractivity contribution is 6.05. The lowest BCUT2D eigenvalue weighted by molar-refractivity contribution is 0.0920. The molecule has 0 atom stereocenters. The van der Waals surface area contributed by atoms with Gasteiger partial charge >= 0.3 is 0 Å². The van der Waals surface area contributed by atoms with Crippen molar-refractivity contribution in [3.05, 3.63) is 84.1 Å². The number of nitrogens with two attached hydrogens (primary N) is 1. The first-order valence-corrected chi connectivity index (χ1v) is 13.1. The van der Waals surface area contributed by atoms with Gasteiger partial charge in [-0.05, 0) is 74.5 Å². The molecule has 1 saturated heterocycles. The maximum Gasteiger partial charge on any atom is 0.287 e. The van der Waals surface area contributed by atoms with E-state index >= 15 is 0 Å². The summed E-state index contributed by atoms with van der Waals surface area (Å²) >= 11 is 0. The molecule has 4 N–H and O–H groups in total. The van der Waals surface area contributed by atoms with E-state index in [1.54, 1.807) is 54.6 Å². The Morgan fingerprint density at radius 1 is 0.897 bits per heavy atom. The first kappa shape index (κ1) is 26.1. The van der Waals surface area contributed by atoms with Crippen molar-refractivity contribution < 1.29 is 23.5 Å². The van der Waals surface area contributed by atoms with Gasteiger partial charge in [0.15, 0.2) is 5.76 Å². The topological polar surface area (TPSA) is 119 Å². The van der Waals surface area contributed by atoms with Crippen LogP contribution in [0.3, 0.4) is 0 Å². The van der Waals surface area contributed by atoms with Crippen LogP contribution < -0.4 is 25.8 Å². The third kappa shape index (κ3) is 6.69. The fourth-order valence-electron chi connectivity index (χ4n) is 4.49. The first-order valence-electron chi connectivity index (χ1n) is 13.1. The van der Waals surface area contributed by atoms with Gasteiger partial charge in [-0.2, -0.15) is 0 Å². The maximum absolute atomic E-state index is 12.7. The number of carbonyl (C=O) groups excluding carboxylic acids is 2. The van der Waals surface area contributed by atoms with Crippen LogP contribution in [0.4, 0.5) is 11.4 Å². The molecule has 39 heavy (non-hydrogen) atoms. The number of hydrogen-bond acceptors (Lipinski definition) is 7. The number of carbonyl (C=O) groups is 2. The number of nitrogens with zero attached hydrogens (tertiary/aromatic N) is 1. The maximum atomic E-state index is 12.7. The molecule has 0 unspecified atom stereocenters. The molecule has 1 aromatic heterocycles. The van der Waals surface area contributed by atoms with Gasteiger partial charge in [0.05, 0.1) is 23.3 Å². The fraction of sp³-hybridized carbons (Fsp3) is 0.267. The van der Waals surface area contributed by atoms with Gasteiger partial charge in [0, 0.05) is 18.2 Å². The molecule has 5 rings (SSSR count). The van der Waals surface area contributed by atoms with Crippen molar-refractivity contribution in [3.8, 4) is 11.5 Å². The molecular formula is C30H32N4O5. The number of ether oxygens (including phenoxy) is 2. The van der Waals surface area contributed by atoms with Gasteiger partial charge in [0.25, 0.3) is 11.8 Å². The number of rotatable bonds is 11. The Kier molecular flexibility index (Phi) is 8.28. The van der Waals surface area contributed by atoms with E-state index in [0.29, 0.717) is 40.6 Å². The molecule has 2 heterocycles. The molecule has 2 amide bonds. The number of hydrogen-bond donors (Lipinski definition) is 3. The van der Waals surface area contributed by atoms with E-state index in [2.05, 4.69) is 15.5 Å². The van der Waals surface area contributed by atoms with Crippen molar-refractivity contribution in [1.29, 1.82) is 0 Å². The normalized spacial score (nSPS) is 13.3. The minimum atomic E-state index is -0.329. The molecule has 202 valence electrons. The summed E-state index contributed by atoms with van der Waals surface area (Å²) in [4.78, 5) is 27.5. The van der Waals surface area contributed by atoms with Crippen molar-refractivity contribution in [2.24, 2.45) is 0 Å². The molecule has 0 radical (unpaired) electrons. The van der Waals surface area contributed by atoms with Crippen molar-refractivity contribution in [3.63, 3.8) is 0 Å². The zero-order valence-electron chi connectivity index (χ0n) is 21.7. The number of nitrogen functional groups attached to an aromatic ring is 1. The van der Waals surface area contributed by atoms with Gasteiger partial charge in [-0.15, -0.1) is 0 Å². The Labute approximate surface area is 226 Å². The smallest absolute Gasteiger partial charge is 0.287 e. The second-order valence-corrected chi connectivity index (χ2v) is 9.35. The summed E-state index contributed by atoms with van der Waals surface area (Å²) in [6.45, 7) is 4.27. The zero-order valence-corrected chi connectivity index (χ0v) is 21.7. The molecule has 0 spiro atoms. The molecule has 4 aromatic rings. The molecule has 9 heteroatoms. The van der Waals surface area contributed by atoms with E-state index in [9.17, 15) is 9.59 Å². The molecule has 0 aliphatic carbocycles. The van der Waals surface area contributed by atoms with E-state index in [-0.39, 0.29) is 30.7 Å². The van der Waals surface area contributed by atoms with E-state index in [1.807, 2.05) is 18.2 Å². The lowest BCUT2D eigenvalue weighted by Gasteiger charge is -2.15. The van der Waals surface area contributed by atoms with Gasteiger partial charge in [-0.3, -0.25) is 14.5 Å². The summed E-state index contributed by atoms with van der Waals surface area (Å²) in [6, 6.07) is 21.1. The number of amides is 2. The minimum Gasteiger partial charge on any atom is -0.492 e. The van der Waals surface area contributed by atoms with Crippen LogP contribution in [0.2, 0.25) is 0 Å². The van der Waals surface area contributed by atoms with Crippen LogP contribution in [-0.2, 0) is 0 Å². The quantitative estimate of drug-likeness (QED) is 0.193. The molecule has 9 nitrogen and oxygen atoms in total. The van der Waals surface area contributed by atoms with E-state index in [1.165, 1.54) is 12.8 Å². The van der Waals surface area contributed by atoms with Crippen molar-refractivity contribution >= 4 is 34.2 Å². The van der Waals surface area contributed by atoms with Crippen molar-refractivity contribution in [2.45, 2.75) is 12.8 Å². The highest BCUT2D eigenvalue weighted by Gasteiger charge is 2.16. The van der Waals surface area contributed by atoms with Crippen LogP contribution in [0.1, 0.15) is 33.8 Å². The number of benzene rings is 3. The average molecular weight is 529 g/mol. The van der Waals surface area contributed by atoms with Gasteiger partial charge in [0.1, 0.15) is 30.3 Å². The highest BCUT2D eigenvalue weighted by Crippen LogP contribution is 2.29. The van der Waals surface area contributed by atoms with Crippen LogP contribution in [-0.4, -0.2) is 56.1 Å². The van der Waals surface area contributed by atoms with Gasteiger partial charge in [-0.1, -0.05) is 18.2 Å². The summed E-state index contributed by atoms with van der Waals surface area (Å²) in [6.07, 6.45) is 2.49. The number of anilines is 2. The standard InChI is InChI=1S/C30H32N4O5/c31-24-6-1-2-7-25(24)33-29(35)21-10-12-22(13-11-21)37-18-14-32-30(36)28-20-23-26(8-5-9-27(23)39-28)38-19-17-34-15-3-4-16-34/h1-2,5-13,20H,3-4,14-19,31H2,(H,32,36)(H,33,35). The summed E-state index contributed by atoms with van der Waals surface area (Å²) < 4.78 is 17.5. The zero-order chi connectivity index (χ0) is 27.0. The molecule has 0 saturated carbocycles. The summed E-state index contributed by atoms with van der Waals surface area (Å²) in [5, 5.41) is 6.38. The lowest BCUT2D eigenvalue weighted by Crippen LogP contribution is -2.27. The SMILES string of the molecule is Nc1ccccc1NC(=O)c1ccc(OCCNC(=O)c2cc3c(OCCN4CCCC4)cccc3o2)cc1. The number of furan rings is 1. The number of nitrogens with one attached hydrogen (secondary N) is 2. The molecule has 1 aliphatic rings. The lowest BCUT2D eigenvalue weighted by atomic mass is 10.2. The van der Waals surface area contributed by atoms with Crippen LogP contribution in [0.25, 0.3) is 11.0 Å². The molecular weight excluding hydrogens is 496 g/mol. The monoisotopic (exact) mass is 528 g/mol. The van der Waals surface area contributed by atoms with Crippen LogP contribution in [0.5, 0.6) is 11.5 Å². The molecule has 3 aromatic carbocycles. The number of likely N-dealkylation sites (tertiary alicyclic amines) is 1. The molecule has 1 fully saturated rings. The first-order chi connectivity index (χ1) is 19.1. The van der Waals surface area contributed by atoms with Crippen LogP contribution in [0.15, 0.2) is 77.2 Å². The van der Waals surface area contributed by atoms with E-state index < -0.39 is 0 Å². The van der Waals surface area contributed by atoms with E-state index in [4.69, 9.17) is 19.6 Å². The number of fused-ring (bicyclic) bond motifs is 1. The largest absolute Gasteiger partial charge is 0.492 e. The molecule has 1 aliphatic heterocycles. The fourth-order valence-corrected chi connectivity index (χ4v) is 4.49. The summed E-state index contributed by atoms with van der Waals surface area (Å²) in [5.41, 5.74) is 8.02. The summed E-state index contributed by atoms with van der Waals surface area (Å²) in [7, 11) is 0. The average Bonchev–Trinajstić information content (AvgIpc) is 3.63. The minimum absolute atomic E-state index is 0.218. The third-order valence-electron chi connectivity index (χ3n) is 6.59. The van der Waals surface area contributed by atoms with Crippen molar-refractivity contribution in [1.82, 2.24) is 10.2 Å². The second-order valence-electron chi connectivity index (χ2n) is 9.35. The molecule has 0 bridgehead atoms. The van der Waals surface area contributed by atoms with Crippen LogP contribution in [0, 0.1) is 0 Å². The Bertz CT molecular complexity index is 1430.